The third-order valence-corrected chi connectivity index (χ3v) is 4.92. The van der Waals surface area contributed by atoms with E-state index in [4.69, 9.17) is 0 Å². The van der Waals surface area contributed by atoms with E-state index in [-0.39, 0.29) is 11.7 Å². The Hall–Kier alpha value is -1.07. The second-order valence-electron chi connectivity index (χ2n) is 5.15. The lowest BCUT2D eigenvalue weighted by Gasteiger charge is -2.22. The maximum atomic E-state index is 12.1. The van der Waals surface area contributed by atoms with Gasteiger partial charge in [0.05, 0.1) is 5.75 Å². The highest BCUT2D eigenvalue weighted by Gasteiger charge is 2.21. The molecule has 1 aromatic rings. The highest BCUT2D eigenvalue weighted by molar-refractivity contribution is 7.92. The Bertz CT molecular complexity index is 508. The van der Waals surface area contributed by atoms with Gasteiger partial charge in [0.2, 0.25) is 10.0 Å². The lowest BCUT2D eigenvalue weighted by atomic mass is 10.0. The molecule has 1 fully saturated rings. The fourth-order valence-electron chi connectivity index (χ4n) is 2.45. The first-order valence-corrected chi connectivity index (χ1v) is 8.54. The van der Waals surface area contributed by atoms with Crippen molar-refractivity contribution in [2.75, 3.05) is 23.6 Å². The van der Waals surface area contributed by atoms with Crippen LogP contribution in [0.15, 0.2) is 24.3 Å². The zero-order chi connectivity index (χ0) is 13.7. The fourth-order valence-corrected chi connectivity index (χ4v) is 3.93. The topological polar surface area (TPSA) is 58.2 Å². The number of sulfonamides is 1. The van der Waals surface area contributed by atoms with Crippen LogP contribution in [0.25, 0.3) is 0 Å². The lowest BCUT2D eigenvalue weighted by Crippen LogP contribution is -2.35. The predicted octanol–water partition coefficient (Wildman–Crippen LogP) is 1.99. The second-order valence-corrected chi connectivity index (χ2v) is 6.92. The van der Waals surface area contributed by atoms with Crippen molar-refractivity contribution >= 4 is 15.7 Å². The van der Waals surface area contributed by atoms with Gasteiger partial charge < -0.3 is 5.32 Å². The molecule has 4 nitrogen and oxygen atoms in total. The summed E-state index contributed by atoms with van der Waals surface area (Å²) in [5.74, 6) is 0.427. The first kappa shape index (κ1) is 14.3. The van der Waals surface area contributed by atoms with E-state index in [0.29, 0.717) is 5.69 Å². The molecule has 0 aliphatic carbocycles. The van der Waals surface area contributed by atoms with E-state index in [2.05, 4.69) is 17.0 Å². The molecule has 1 aliphatic heterocycles. The van der Waals surface area contributed by atoms with Gasteiger partial charge in [-0.25, -0.2) is 8.42 Å². The fraction of sp³-hybridized carbons (Fsp3) is 0.571. The molecule has 1 aromatic carbocycles. The number of hydrogen-bond donors (Lipinski definition) is 2. The van der Waals surface area contributed by atoms with Gasteiger partial charge in [-0.1, -0.05) is 19.1 Å². The summed E-state index contributed by atoms with van der Waals surface area (Å²) < 4.78 is 26.9. The summed E-state index contributed by atoms with van der Waals surface area (Å²) in [6, 6.07) is 7.59. The van der Waals surface area contributed by atoms with Crippen LogP contribution in [0, 0.1) is 5.92 Å². The summed E-state index contributed by atoms with van der Waals surface area (Å²) in [5.41, 5.74) is 1.81. The number of rotatable bonds is 5. The van der Waals surface area contributed by atoms with E-state index in [1.807, 2.05) is 18.2 Å². The van der Waals surface area contributed by atoms with Crippen molar-refractivity contribution in [2.24, 2.45) is 5.92 Å². The molecular weight excluding hydrogens is 260 g/mol. The average molecular weight is 282 g/mol. The van der Waals surface area contributed by atoms with Crippen LogP contribution in [0.3, 0.4) is 0 Å². The monoisotopic (exact) mass is 282 g/mol. The van der Waals surface area contributed by atoms with Crippen molar-refractivity contribution in [3.05, 3.63) is 29.8 Å². The Morgan fingerprint density at radius 2 is 2.26 bits per heavy atom. The molecule has 0 spiro atoms. The van der Waals surface area contributed by atoms with Crippen molar-refractivity contribution in [1.82, 2.24) is 5.32 Å². The van der Waals surface area contributed by atoms with Gasteiger partial charge in [0, 0.05) is 5.69 Å². The molecule has 0 saturated carbocycles. The van der Waals surface area contributed by atoms with E-state index in [1.165, 1.54) is 0 Å². The van der Waals surface area contributed by atoms with Gasteiger partial charge in [-0.2, -0.15) is 0 Å². The van der Waals surface area contributed by atoms with Crippen LogP contribution in [0.5, 0.6) is 0 Å². The minimum absolute atomic E-state index is 0.205. The van der Waals surface area contributed by atoms with E-state index < -0.39 is 10.0 Å². The molecule has 0 radical (unpaired) electrons. The number of piperidine rings is 1. The lowest BCUT2D eigenvalue weighted by molar-refractivity contribution is 0.404. The number of hydrogen-bond acceptors (Lipinski definition) is 3. The molecule has 19 heavy (non-hydrogen) atoms. The normalized spacial score (nSPS) is 20.2. The maximum Gasteiger partial charge on any atom is 0.233 e. The Balaban J connectivity index is 1.99. The summed E-state index contributed by atoms with van der Waals surface area (Å²) in [6.45, 7) is 3.86. The molecule has 0 amide bonds. The molecule has 1 atom stereocenters. The van der Waals surface area contributed by atoms with Crippen LogP contribution in [-0.4, -0.2) is 27.3 Å². The first-order valence-electron chi connectivity index (χ1n) is 6.89. The van der Waals surface area contributed by atoms with E-state index in [9.17, 15) is 8.42 Å². The van der Waals surface area contributed by atoms with E-state index in [0.717, 1.165) is 37.9 Å². The Morgan fingerprint density at radius 3 is 2.95 bits per heavy atom. The summed E-state index contributed by atoms with van der Waals surface area (Å²) in [6.07, 6.45) is 2.95. The number of benzene rings is 1. The van der Waals surface area contributed by atoms with Gasteiger partial charge >= 0.3 is 0 Å². The summed E-state index contributed by atoms with van der Waals surface area (Å²) in [7, 11) is -3.25. The molecule has 1 aliphatic rings. The Morgan fingerprint density at radius 1 is 1.42 bits per heavy atom. The van der Waals surface area contributed by atoms with Crippen molar-refractivity contribution in [2.45, 2.75) is 26.2 Å². The molecule has 5 heteroatoms. The first-order chi connectivity index (χ1) is 9.09. The zero-order valence-electron chi connectivity index (χ0n) is 11.4. The van der Waals surface area contributed by atoms with Crippen molar-refractivity contribution in [3.8, 4) is 0 Å². The smallest absolute Gasteiger partial charge is 0.233 e. The van der Waals surface area contributed by atoms with E-state index in [1.54, 1.807) is 6.07 Å². The Kier molecular flexibility index (Phi) is 4.82. The van der Waals surface area contributed by atoms with Gasteiger partial charge in [0.1, 0.15) is 0 Å². The van der Waals surface area contributed by atoms with Gasteiger partial charge in [-0.05, 0) is 56.0 Å². The van der Waals surface area contributed by atoms with Crippen LogP contribution in [-0.2, 0) is 16.4 Å². The largest absolute Gasteiger partial charge is 0.316 e. The van der Waals surface area contributed by atoms with E-state index >= 15 is 0 Å². The number of anilines is 1. The van der Waals surface area contributed by atoms with Crippen LogP contribution in [0.2, 0.25) is 0 Å². The molecule has 106 valence electrons. The van der Waals surface area contributed by atoms with Crippen molar-refractivity contribution < 1.29 is 8.42 Å². The molecule has 0 aromatic heterocycles. The zero-order valence-corrected chi connectivity index (χ0v) is 12.2. The molecule has 2 N–H and O–H groups in total. The minimum atomic E-state index is -3.25. The SMILES string of the molecule is CCc1cccc(NS(=O)(=O)CC2CCCNC2)c1. The second kappa shape index (κ2) is 6.39. The van der Waals surface area contributed by atoms with Crippen molar-refractivity contribution in [3.63, 3.8) is 0 Å². The van der Waals surface area contributed by atoms with Crippen LogP contribution >= 0.6 is 0 Å². The molecule has 0 bridgehead atoms. The summed E-state index contributed by atoms with van der Waals surface area (Å²) in [4.78, 5) is 0. The van der Waals surface area contributed by atoms with Crippen molar-refractivity contribution in [1.29, 1.82) is 0 Å². The summed E-state index contributed by atoms with van der Waals surface area (Å²) >= 11 is 0. The molecule has 2 rings (SSSR count). The third kappa shape index (κ3) is 4.51. The molecule has 1 heterocycles. The minimum Gasteiger partial charge on any atom is -0.316 e. The molecule has 1 unspecified atom stereocenters. The van der Waals surface area contributed by atoms with Crippen LogP contribution in [0.1, 0.15) is 25.3 Å². The van der Waals surface area contributed by atoms with Gasteiger partial charge in [0.15, 0.2) is 0 Å². The summed E-state index contributed by atoms with van der Waals surface area (Å²) in [5, 5.41) is 3.25. The highest BCUT2D eigenvalue weighted by atomic mass is 32.2. The highest BCUT2D eigenvalue weighted by Crippen LogP contribution is 2.16. The van der Waals surface area contributed by atoms with Gasteiger partial charge in [-0.3, -0.25) is 4.72 Å². The van der Waals surface area contributed by atoms with Crippen LogP contribution in [0.4, 0.5) is 5.69 Å². The van der Waals surface area contributed by atoms with Gasteiger partial charge in [0.25, 0.3) is 0 Å². The average Bonchev–Trinajstić information content (AvgIpc) is 2.39. The maximum absolute atomic E-state index is 12.1. The molecular formula is C14H22N2O2S. The number of aryl methyl sites for hydroxylation is 1. The third-order valence-electron chi connectivity index (χ3n) is 3.46. The standard InChI is InChI=1S/C14H22N2O2S/c1-2-12-5-3-7-14(9-12)16-19(17,18)11-13-6-4-8-15-10-13/h3,5,7,9,13,15-16H,2,4,6,8,10-11H2,1H3. The molecule has 1 saturated heterocycles. The number of nitrogens with one attached hydrogen (secondary N) is 2. The quantitative estimate of drug-likeness (QED) is 0.868. The Labute approximate surface area is 115 Å². The predicted molar refractivity (Wildman–Crippen MR) is 78.8 cm³/mol. The van der Waals surface area contributed by atoms with Gasteiger partial charge in [-0.15, -0.1) is 0 Å². The van der Waals surface area contributed by atoms with Crippen LogP contribution < -0.4 is 10.0 Å².